The molecule has 0 aliphatic heterocycles. The summed E-state index contributed by atoms with van der Waals surface area (Å²) in [5, 5.41) is 0.829. The Kier molecular flexibility index (Phi) is 6.12. The molecule has 0 atom stereocenters. The first-order chi connectivity index (χ1) is 12.7. The van der Waals surface area contributed by atoms with Crippen molar-refractivity contribution in [1.29, 1.82) is 0 Å². The first kappa shape index (κ1) is 18.3. The van der Waals surface area contributed by atoms with Crippen LogP contribution in [0.15, 0.2) is 72.0 Å². The molecule has 1 amide bonds. The van der Waals surface area contributed by atoms with Crippen LogP contribution in [0.25, 0.3) is 16.9 Å². The van der Waals surface area contributed by atoms with Crippen LogP contribution in [0.3, 0.4) is 0 Å². The molecule has 0 unspecified atom stereocenters. The van der Waals surface area contributed by atoms with E-state index in [4.69, 9.17) is 4.98 Å². The molecule has 26 heavy (non-hydrogen) atoms. The number of thioether (sulfide) groups is 1. The number of benzene rings is 2. The van der Waals surface area contributed by atoms with E-state index in [1.54, 1.807) is 0 Å². The van der Waals surface area contributed by atoms with Crippen molar-refractivity contribution < 1.29 is 4.79 Å². The van der Waals surface area contributed by atoms with Crippen LogP contribution in [0.1, 0.15) is 13.8 Å². The summed E-state index contributed by atoms with van der Waals surface area (Å²) < 4.78 is 2.06. The topological polar surface area (TPSA) is 38.1 Å². The smallest absolute Gasteiger partial charge is 0.233 e. The summed E-state index contributed by atoms with van der Waals surface area (Å²) in [6.45, 7) is 5.48. The van der Waals surface area contributed by atoms with Gasteiger partial charge in [-0.05, 0) is 26.0 Å². The van der Waals surface area contributed by atoms with Crippen LogP contribution in [0.2, 0.25) is 0 Å². The second-order valence-electron chi connectivity index (χ2n) is 5.83. The van der Waals surface area contributed by atoms with Gasteiger partial charge in [-0.1, -0.05) is 60.3 Å². The summed E-state index contributed by atoms with van der Waals surface area (Å²) in [5.74, 6) is 0.531. The van der Waals surface area contributed by atoms with Gasteiger partial charge in [0, 0.05) is 30.5 Å². The Hall–Kier alpha value is -2.53. The molecule has 0 aliphatic rings. The van der Waals surface area contributed by atoms with Gasteiger partial charge in [0.1, 0.15) is 0 Å². The minimum Gasteiger partial charge on any atom is -0.343 e. The minimum absolute atomic E-state index is 0.142. The number of carbonyl (C=O) groups is 1. The SMILES string of the molecule is CCN(CC)C(=O)CSc1nc(-c2ccccc2)cn1-c1ccccc1. The number of nitrogens with zero attached hydrogens (tertiary/aromatic N) is 3. The third-order valence-corrected chi connectivity index (χ3v) is 5.16. The Labute approximate surface area is 158 Å². The van der Waals surface area contributed by atoms with E-state index in [0.29, 0.717) is 5.75 Å². The molecule has 3 rings (SSSR count). The third-order valence-electron chi connectivity index (χ3n) is 4.22. The van der Waals surface area contributed by atoms with Crippen LogP contribution < -0.4 is 0 Å². The van der Waals surface area contributed by atoms with Crippen molar-refractivity contribution in [2.45, 2.75) is 19.0 Å². The van der Waals surface area contributed by atoms with E-state index in [2.05, 4.69) is 4.57 Å². The van der Waals surface area contributed by atoms with Crippen LogP contribution in [0, 0.1) is 0 Å². The van der Waals surface area contributed by atoms with Crippen LogP contribution >= 0.6 is 11.8 Å². The van der Waals surface area contributed by atoms with Crippen LogP contribution in [-0.2, 0) is 4.79 Å². The Morgan fingerprint density at radius 3 is 2.23 bits per heavy atom. The van der Waals surface area contributed by atoms with Crippen LogP contribution in [0.5, 0.6) is 0 Å². The molecule has 0 aliphatic carbocycles. The molecule has 0 radical (unpaired) electrons. The fourth-order valence-electron chi connectivity index (χ4n) is 2.78. The molecule has 0 bridgehead atoms. The van der Waals surface area contributed by atoms with E-state index in [1.807, 2.05) is 85.6 Å². The molecule has 5 heteroatoms. The molecule has 3 aromatic rings. The van der Waals surface area contributed by atoms with E-state index >= 15 is 0 Å². The van der Waals surface area contributed by atoms with Gasteiger partial charge in [0.2, 0.25) is 5.91 Å². The second-order valence-corrected chi connectivity index (χ2v) is 6.78. The Balaban J connectivity index is 1.90. The predicted octanol–water partition coefficient (Wildman–Crippen LogP) is 4.50. The Morgan fingerprint density at radius 1 is 1.00 bits per heavy atom. The highest BCUT2D eigenvalue weighted by atomic mass is 32.2. The molecule has 0 spiro atoms. The van der Waals surface area contributed by atoms with Gasteiger partial charge in [0.25, 0.3) is 0 Å². The fraction of sp³-hybridized carbons (Fsp3) is 0.238. The van der Waals surface area contributed by atoms with E-state index in [9.17, 15) is 4.79 Å². The molecule has 0 N–H and O–H groups in total. The first-order valence-electron chi connectivity index (χ1n) is 8.83. The average molecular weight is 366 g/mol. The van der Waals surface area contributed by atoms with Gasteiger partial charge in [0.05, 0.1) is 11.4 Å². The number of para-hydroxylation sites is 1. The summed E-state index contributed by atoms with van der Waals surface area (Å²) in [4.78, 5) is 19.0. The summed E-state index contributed by atoms with van der Waals surface area (Å²) in [6.07, 6.45) is 2.04. The molecule has 134 valence electrons. The zero-order valence-electron chi connectivity index (χ0n) is 15.1. The molecule has 0 fully saturated rings. The van der Waals surface area contributed by atoms with E-state index < -0.39 is 0 Å². The maximum atomic E-state index is 12.4. The zero-order valence-corrected chi connectivity index (χ0v) is 15.9. The van der Waals surface area contributed by atoms with E-state index in [1.165, 1.54) is 11.8 Å². The summed E-state index contributed by atoms with van der Waals surface area (Å²) in [7, 11) is 0. The molecule has 1 heterocycles. The largest absolute Gasteiger partial charge is 0.343 e. The van der Waals surface area contributed by atoms with E-state index in [-0.39, 0.29) is 5.91 Å². The molecule has 0 saturated carbocycles. The molecule has 1 aromatic heterocycles. The highest BCUT2D eigenvalue weighted by molar-refractivity contribution is 7.99. The van der Waals surface area contributed by atoms with Crippen molar-refractivity contribution >= 4 is 17.7 Å². The fourth-order valence-corrected chi connectivity index (χ4v) is 3.68. The van der Waals surface area contributed by atoms with Gasteiger partial charge in [-0.2, -0.15) is 0 Å². The van der Waals surface area contributed by atoms with Gasteiger partial charge in [-0.25, -0.2) is 4.98 Å². The number of amides is 1. The second kappa shape index (κ2) is 8.72. The molecular formula is C21H23N3OS. The number of carbonyl (C=O) groups excluding carboxylic acids is 1. The normalized spacial score (nSPS) is 10.7. The van der Waals surface area contributed by atoms with Gasteiger partial charge in [-0.3, -0.25) is 9.36 Å². The molecule has 4 nitrogen and oxygen atoms in total. The van der Waals surface area contributed by atoms with Gasteiger partial charge >= 0.3 is 0 Å². The molecule has 2 aromatic carbocycles. The van der Waals surface area contributed by atoms with Crippen molar-refractivity contribution in [3.8, 4) is 16.9 Å². The van der Waals surface area contributed by atoms with Gasteiger partial charge in [-0.15, -0.1) is 0 Å². The van der Waals surface area contributed by atoms with Gasteiger partial charge in [0.15, 0.2) is 5.16 Å². The maximum absolute atomic E-state index is 12.4. The minimum atomic E-state index is 0.142. The number of rotatable bonds is 7. The summed E-state index contributed by atoms with van der Waals surface area (Å²) >= 11 is 1.49. The van der Waals surface area contributed by atoms with E-state index in [0.717, 1.165) is 35.2 Å². The lowest BCUT2D eigenvalue weighted by Gasteiger charge is -2.18. The quantitative estimate of drug-likeness (QED) is 0.579. The highest BCUT2D eigenvalue weighted by Crippen LogP contribution is 2.27. The Bertz CT molecular complexity index is 842. The number of hydrogen-bond acceptors (Lipinski definition) is 3. The van der Waals surface area contributed by atoms with Crippen LogP contribution in [0.4, 0.5) is 0 Å². The molecule has 0 saturated heterocycles. The average Bonchev–Trinajstić information content (AvgIpc) is 3.13. The Morgan fingerprint density at radius 2 is 1.62 bits per heavy atom. The summed E-state index contributed by atoms with van der Waals surface area (Å²) in [6, 6.07) is 20.2. The lowest BCUT2D eigenvalue weighted by Crippen LogP contribution is -2.31. The highest BCUT2D eigenvalue weighted by Gasteiger charge is 2.15. The predicted molar refractivity (Wildman–Crippen MR) is 108 cm³/mol. The molecular weight excluding hydrogens is 342 g/mol. The number of aromatic nitrogens is 2. The lowest BCUT2D eigenvalue weighted by molar-refractivity contribution is -0.127. The standard InChI is InChI=1S/C21H23N3OS/c1-3-23(4-2)20(25)16-26-21-22-19(17-11-7-5-8-12-17)15-24(21)18-13-9-6-10-14-18/h5-15H,3-4,16H2,1-2H3. The van der Waals surface area contributed by atoms with Crippen molar-refractivity contribution in [3.05, 3.63) is 66.9 Å². The van der Waals surface area contributed by atoms with Crippen molar-refractivity contribution in [3.63, 3.8) is 0 Å². The monoisotopic (exact) mass is 365 g/mol. The third kappa shape index (κ3) is 4.17. The van der Waals surface area contributed by atoms with Crippen molar-refractivity contribution in [1.82, 2.24) is 14.5 Å². The van der Waals surface area contributed by atoms with Gasteiger partial charge < -0.3 is 4.90 Å². The maximum Gasteiger partial charge on any atom is 0.233 e. The lowest BCUT2D eigenvalue weighted by atomic mass is 10.2. The number of hydrogen-bond donors (Lipinski definition) is 0. The van der Waals surface area contributed by atoms with Crippen molar-refractivity contribution in [2.75, 3.05) is 18.8 Å². The summed E-state index contributed by atoms with van der Waals surface area (Å²) in [5.41, 5.74) is 3.02. The zero-order chi connectivity index (χ0) is 18.4. The first-order valence-corrected chi connectivity index (χ1v) is 9.82. The van der Waals surface area contributed by atoms with Crippen molar-refractivity contribution in [2.24, 2.45) is 0 Å². The number of imidazole rings is 1. The van der Waals surface area contributed by atoms with Crippen LogP contribution in [-0.4, -0.2) is 39.2 Å².